The van der Waals surface area contributed by atoms with Crippen molar-refractivity contribution in [1.82, 2.24) is 0 Å². The fourth-order valence-electron chi connectivity index (χ4n) is 1.89. The van der Waals surface area contributed by atoms with Crippen LogP contribution in [0.2, 0.25) is 0 Å². The third-order valence-electron chi connectivity index (χ3n) is 2.67. The Morgan fingerprint density at radius 1 is 1.00 bits per heavy atom. The molecular weight excluding hydrogens is 179 g/mol. The van der Waals surface area contributed by atoms with Crippen LogP contribution in [0.3, 0.4) is 0 Å². The zero-order valence-corrected chi connectivity index (χ0v) is 8.21. The van der Waals surface area contributed by atoms with Crippen molar-refractivity contribution in [2.45, 2.75) is 38.2 Å². The lowest BCUT2D eigenvalue weighted by Gasteiger charge is -2.22. The number of benzene rings is 1. The average molecular weight is 194 g/mol. The van der Waals surface area contributed by atoms with Gasteiger partial charge in [-0.05, 0) is 49.9 Å². The van der Waals surface area contributed by atoms with Crippen LogP contribution in [0.25, 0.3) is 0 Å². The van der Waals surface area contributed by atoms with Gasteiger partial charge in [-0.15, -0.1) is 0 Å². The van der Waals surface area contributed by atoms with Crippen molar-refractivity contribution in [3.63, 3.8) is 0 Å². The number of rotatable bonds is 2. The molecule has 0 atom stereocenters. The first-order chi connectivity index (χ1) is 6.84. The van der Waals surface area contributed by atoms with E-state index in [-0.39, 0.29) is 5.82 Å². The van der Waals surface area contributed by atoms with Crippen LogP contribution < -0.4 is 4.74 Å². The summed E-state index contributed by atoms with van der Waals surface area (Å²) in [5.41, 5.74) is 0. The van der Waals surface area contributed by atoms with E-state index in [9.17, 15) is 4.39 Å². The van der Waals surface area contributed by atoms with Gasteiger partial charge in [0.15, 0.2) is 0 Å². The molecule has 0 aliphatic heterocycles. The molecule has 1 aliphatic carbocycles. The van der Waals surface area contributed by atoms with Crippen LogP contribution in [0.5, 0.6) is 5.75 Å². The summed E-state index contributed by atoms with van der Waals surface area (Å²) in [7, 11) is 0. The molecule has 0 unspecified atom stereocenters. The van der Waals surface area contributed by atoms with Crippen LogP contribution in [0.1, 0.15) is 32.1 Å². The molecule has 76 valence electrons. The zero-order valence-electron chi connectivity index (χ0n) is 8.21. The van der Waals surface area contributed by atoms with Gasteiger partial charge in [0.05, 0.1) is 6.10 Å². The van der Waals surface area contributed by atoms with Crippen molar-refractivity contribution in [1.29, 1.82) is 0 Å². The molecule has 1 aromatic carbocycles. The maximum absolute atomic E-state index is 12.6. The predicted octanol–water partition coefficient (Wildman–Crippen LogP) is 3.54. The number of hydrogen-bond acceptors (Lipinski definition) is 1. The standard InChI is InChI=1S/C12H15FO/c13-10-6-8-12(9-7-10)14-11-4-2-1-3-5-11/h6-9,11H,1-5H2. The molecule has 0 heterocycles. The second kappa shape index (κ2) is 4.45. The Morgan fingerprint density at radius 3 is 2.29 bits per heavy atom. The van der Waals surface area contributed by atoms with Crippen LogP contribution in [0, 0.1) is 5.82 Å². The second-order valence-electron chi connectivity index (χ2n) is 3.83. The predicted molar refractivity (Wildman–Crippen MR) is 53.9 cm³/mol. The average Bonchev–Trinajstić information content (AvgIpc) is 2.23. The van der Waals surface area contributed by atoms with E-state index in [1.54, 1.807) is 12.1 Å². The largest absolute Gasteiger partial charge is 0.490 e. The van der Waals surface area contributed by atoms with Crippen molar-refractivity contribution < 1.29 is 9.13 Å². The Morgan fingerprint density at radius 2 is 1.64 bits per heavy atom. The van der Waals surface area contributed by atoms with E-state index < -0.39 is 0 Å². The first-order valence-electron chi connectivity index (χ1n) is 5.27. The van der Waals surface area contributed by atoms with Crippen molar-refractivity contribution in [2.24, 2.45) is 0 Å². The number of halogens is 1. The fourth-order valence-corrected chi connectivity index (χ4v) is 1.89. The van der Waals surface area contributed by atoms with Crippen molar-refractivity contribution in [3.8, 4) is 5.75 Å². The zero-order chi connectivity index (χ0) is 9.80. The van der Waals surface area contributed by atoms with Crippen LogP contribution in [0.4, 0.5) is 4.39 Å². The second-order valence-corrected chi connectivity index (χ2v) is 3.83. The topological polar surface area (TPSA) is 9.23 Å². The Labute approximate surface area is 83.9 Å². The maximum Gasteiger partial charge on any atom is 0.123 e. The summed E-state index contributed by atoms with van der Waals surface area (Å²) >= 11 is 0. The quantitative estimate of drug-likeness (QED) is 0.699. The smallest absolute Gasteiger partial charge is 0.123 e. The maximum atomic E-state index is 12.6. The van der Waals surface area contributed by atoms with Crippen molar-refractivity contribution in [2.75, 3.05) is 0 Å². The van der Waals surface area contributed by atoms with E-state index in [4.69, 9.17) is 4.74 Å². The third-order valence-corrected chi connectivity index (χ3v) is 2.67. The minimum atomic E-state index is -0.207. The molecule has 14 heavy (non-hydrogen) atoms. The molecule has 1 nitrogen and oxygen atoms in total. The van der Waals surface area contributed by atoms with Gasteiger partial charge in [-0.2, -0.15) is 0 Å². The summed E-state index contributed by atoms with van der Waals surface area (Å²) in [6.45, 7) is 0. The Bertz CT molecular complexity index is 275. The molecule has 0 radical (unpaired) electrons. The third kappa shape index (κ3) is 2.47. The lowest BCUT2D eigenvalue weighted by atomic mass is 9.98. The molecule has 2 heteroatoms. The fraction of sp³-hybridized carbons (Fsp3) is 0.500. The van der Waals surface area contributed by atoms with Gasteiger partial charge in [-0.3, -0.25) is 0 Å². The van der Waals surface area contributed by atoms with E-state index in [0.717, 1.165) is 18.6 Å². The highest BCUT2D eigenvalue weighted by atomic mass is 19.1. The van der Waals surface area contributed by atoms with Gasteiger partial charge < -0.3 is 4.74 Å². The summed E-state index contributed by atoms with van der Waals surface area (Å²) in [6.07, 6.45) is 6.45. The van der Waals surface area contributed by atoms with Crippen LogP contribution in [-0.2, 0) is 0 Å². The van der Waals surface area contributed by atoms with E-state index in [0.29, 0.717) is 6.10 Å². The lowest BCUT2D eigenvalue weighted by molar-refractivity contribution is 0.155. The van der Waals surface area contributed by atoms with Gasteiger partial charge in [0.1, 0.15) is 11.6 Å². The minimum absolute atomic E-state index is 0.207. The summed E-state index contributed by atoms with van der Waals surface area (Å²) in [6, 6.07) is 6.28. The van der Waals surface area contributed by atoms with Gasteiger partial charge in [-0.1, -0.05) is 6.42 Å². The first-order valence-corrected chi connectivity index (χ1v) is 5.27. The molecule has 0 aromatic heterocycles. The van der Waals surface area contributed by atoms with Crippen LogP contribution >= 0.6 is 0 Å². The molecule has 2 rings (SSSR count). The van der Waals surface area contributed by atoms with Crippen molar-refractivity contribution in [3.05, 3.63) is 30.1 Å². The minimum Gasteiger partial charge on any atom is -0.490 e. The monoisotopic (exact) mass is 194 g/mol. The summed E-state index contributed by atoms with van der Waals surface area (Å²) in [4.78, 5) is 0. The van der Waals surface area contributed by atoms with Gasteiger partial charge in [0, 0.05) is 0 Å². The number of hydrogen-bond donors (Lipinski definition) is 0. The number of ether oxygens (including phenoxy) is 1. The van der Waals surface area contributed by atoms with Gasteiger partial charge in [0.2, 0.25) is 0 Å². The molecule has 1 aliphatic rings. The van der Waals surface area contributed by atoms with Crippen LogP contribution in [-0.4, -0.2) is 6.10 Å². The van der Waals surface area contributed by atoms with E-state index in [2.05, 4.69) is 0 Å². The lowest BCUT2D eigenvalue weighted by Crippen LogP contribution is -2.19. The molecule has 0 saturated heterocycles. The highest BCUT2D eigenvalue weighted by Gasteiger charge is 2.14. The highest BCUT2D eigenvalue weighted by molar-refractivity contribution is 5.22. The van der Waals surface area contributed by atoms with Gasteiger partial charge >= 0.3 is 0 Å². The van der Waals surface area contributed by atoms with Crippen LogP contribution in [0.15, 0.2) is 24.3 Å². The molecule has 1 fully saturated rings. The molecular formula is C12H15FO. The Balaban J connectivity index is 1.92. The normalized spacial score (nSPS) is 18.1. The van der Waals surface area contributed by atoms with Gasteiger partial charge in [0.25, 0.3) is 0 Å². The highest BCUT2D eigenvalue weighted by Crippen LogP contribution is 2.23. The molecule has 0 amide bonds. The first kappa shape index (κ1) is 9.50. The SMILES string of the molecule is Fc1ccc(OC2CCCCC2)cc1. The molecule has 0 spiro atoms. The molecule has 1 saturated carbocycles. The van der Waals surface area contributed by atoms with E-state index in [1.807, 2.05) is 0 Å². The summed E-state index contributed by atoms with van der Waals surface area (Å²) in [5, 5.41) is 0. The molecule has 0 N–H and O–H groups in total. The van der Waals surface area contributed by atoms with Gasteiger partial charge in [-0.25, -0.2) is 4.39 Å². The van der Waals surface area contributed by atoms with E-state index in [1.165, 1.54) is 31.4 Å². The Kier molecular flexibility index (Phi) is 3.02. The molecule has 0 bridgehead atoms. The van der Waals surface area contributed by atoms with E-state index >= 15 is 0 Å². The Hall–Kier alpha value is -1.05. The molecule has 1 aromatic rings. The summed E-state index contributed by atoms with van der Waals surface area (Å²) < 4.78 is 18.4. The summed E-state index contributed by atoms with van der Waals surface area (Å²) in [5.74, 6) is 0.583. The van der Waals surface area contributed by atoms with Crippen molar-refractivity contribution >= 4 is 0 Å².